The summed E-state index contributed by atoms with van der Waals surface area (Å²) in [5.41, 5.74) is 5.64. The molecular formula is C34H30FN3O2S. The predicted octanol–water partition coefficient (Wildman–Crippen LogP) is 6.78. The first-order chi connectivity index (χ1) is 20.0. The number of carbonyl (C=O) groups excluding carboxylic acids is 2. The molecule has 2 amide bonds. The summed E-state index contributed by atoms with van der Waals surface area (Å²) < 4.78 is 13.3. The summed E-state index contributed by atoms with van der Waals surface area (Å²) in [5.74, 6) is -0.293. The minimum atomic E-state index is -0.252. The van der Waals surface area contributed by atoms with E-state index < -0.39 is 0 Å². The molecule has 0 aromatic heterocycles. The zero-order valence-electron chi connectivity index (χ0n) is 22.8. The SMILES string of the molecule is Cc1ccccc1CN1C(=O)C(=Cc2ccc(C(=O)N3CCN(c4ccc(F)cc4)CC3)cc2)Sc2ccccc21. The zero-order chi connectivity index (χ0) is 28.3. The van der Waals surface area contributed by atoms with Gasteiger partial charge in [0.25, 0.3) is 11.8 Å². The summed E-state index contributed by atoms with van der Waals surface area (Å²) >= 11 is 1.48. The number of anilines is 2. The van der Waals surface area contributed by atoms with Crippen LogP contribution in [0.3, 0.4) is 0 Å². The van der Waals surface area contributed by atoms with Crippen LogP contribution in [-0.4, -0.2) is 42.9 Å². The number of thioether (sulfide) groups is 1. The van der Waals surface area contributed by atoms with E-state index in [1.807, 2.05) is 76.5 Å². The van der Waals surface area contributed by atoms with Crippen LogP contribution in [-0.2, 0) is 11.3 Å². The average Bonchev–Trinajstić information content (AvgIpc) is 3.01. The van der Waals surface area contributed by atoms with Crippen LogP contribution in [0.25, 0.3) is 6.08 Å². The van der Waals surface area contributed by atoms with Crippen LogP contribution in [0.5, 0.6) is 0 Å². The van der Waals surface area contributed by atoms with Gasteiger partial charge in [0.1, 0.15) is 5.82 Å². The molecule has 0 spiro atoms. The molecule has 41 heavy (non-hydrogen) atoms. The maximum absolute atomic E-state index is 13.7. The number of hydrogen-bond donors (Lipinski definition) is 0. The number of halogens is 1. The number of piperazine rings is 1. The largest absolute Gasteiger partial charge is 0.368 e. The number of benzene rings is 4. The van der Waals surface area contributed by atoms with Gasteiger partial charge < -0.3 is 14.7 Å². The first-order valence-corrected chi connectivity index (χ1v) is 14.5. The number of para-hydroxylation sites is 1. The van der Waals surface area contributed by atoms with Gasteiger partial charge in [0.2, 0.25) is 0 Å². The van der Waals surface area contributed by atoms with Gasteiger partial charge >= 0.3 is 0 Å². The molecule has 5 nitrogen and oxygen atoms in total. The molecule has 2 aliphatic heterocycles. The van der Waals surface area contributed by atoms with Crippen molar-refractivity contribution in [2.75, 3.05) is 36.0 Å². The van der Waals surface area contributed by atoms with Crippen molar-refractivity contribution in [2.45, 2.75) is 18.4 Å². The van der Waals surface area contributed by atoms with Gasteiger partial charge in [0.05, 0.1) is 17.1 Å². The molecule has 206 valence electrons. The number of fused-ring (bicyclic) bond motifs is 1. The summed E-state index contributed by atoms with van der Waals surface area (Å²) in [5, 5.41) is 0. The molecule has 0 atom stereocenters. The Bertz CT molecular complexity index is 1610. The Labute approximate surface area is 243 Å². The second-order valence-electron chi connectivity index (χ2n) is 10.3. The van der Waals surface area contributed by atoms with Crippen LogP contribution in [0.2, 0.25) is 0 Å². The summed E-state index contributed by atoms with van der Waals surface area (Å²) in [6.07, 6.45) is 1.91. The Kier molecular flexibility index (Phi) is 7.61. The van der Waals surface area contributed by atoms with E-state index in [0.29, 0.717) is 43.2 Å². The van der Waals surface area contributed by atoms with Crippen LogP contribution < -0.4 is 9.80 Å². The van der Waals surface area contributed by atoms with Gasteiger partial charge in [-0.2, -0.15) is 0 Å². The van der Waals surface area contributed by atoms with Crippen molar-refractivity contribution in [3.63, 3.8) is 0 Å². The highest BCUT2D eigenvalue weighted by molar-refractivity contribution is 8.04. The fraction of sp³-hybridized carbons (Fsp3) is 0.176. The van der Waals surface area contributed by atoms with E-state index in [0.717, 1.165) is 33.0 Å². The molecule has 0 radical (unpaired) electrons. The Morgan fingerprint density at radius 1 is 0.854 bits per heavy atom. The quantitative estimate of drug-likeness (QED) is 0.251. The van der Waals surface area contributed by atoms with Crippen molar-refractivity contribution in [1.82, 2.24) is 4.90 Å². The monoisotopic (exact) mass is 563 g/mol. The third-order valence-electron chi connectivity index (χ3n) is 7.64. The van der Waals surface area contributed by atoms with Crippen LogP contribution in [0.4, 0.5) is 15.8 Å². The van der Waals surface area contributed by atoms with E-state index in [2.05, 4.69) is 24.0 Å². The smallest absolute Gasteiger partial charge is 0.265 e. The van der Waals surface area contributed by atoms with Crippen molar-refractivity contribution in [3.05, 3.63) is 130 Å². The maximum Gasteiger partial charge on any atom is 0.265 e. The molecule has 0 N–H and O–H groups in total. The van der Waals surface area contributed by atoms with Gasteiger partial charge in [-0.25, -0.2) is 4.39 Å². The Morgan fingerprint density at radius 2 is 1.54 bits per heavy atom. The Hall–Kier alpha value is -4.36. The van der Waals surface area contributed by atoms with Crippen molar-refractivity contribution in [3.8, 4) is 0 Å². The normalized spacial score (nSPS) is 16.2. The molecule has 0 saturated carbocycles. The summed E-state index contributed by atoms with van der Waals surface area (Å²) in [6, 6.07) is 30.1. The molecule has 1 fully saturated rings. The molecule has 4 aromatic carbocycles. The first-order valence-electron chi connectivity index (χ1n) is 13.7. The van der Waals surface area contributed by atoms with E-state index in [1.165, 1.54) is 23.9 Å². The lowest BCUT2D eigenvalue weighted by Gasteiger charge is -2.36. The number of carbonyl (C=O) groups is 2. The topological polar surface area (TPSA) is 43.9 Å². The summed E-state index contributed by atoms with van der Waals surface area (Å²) in [6.45, 7) is 5.16. The van der Waals surface area contributed by atoms with Crippen LogP contribution in [0.1, 0.15) is 27.0 Å². The van der Waals surface area contributed by atoms with Gasteiger partial charge in [-0.1, -0.05) is 60.3 Å². The van der Waals surface area contributed by atoms with Crippen LogP contribution in [0.15, 0.2) is 107 Å². The van der Waals surface area contributed by atoms with Gasteiger partial charge in [-0.3, -0.25) is 9.59 Å². The zero-order valence-corrected chi connectivity index (χ0v) is 23.6. The van der Waals surface area contributed by atoms with Crippen LogP contribution in [0, 0.1) is 12.7 Å². The molecule has 0 bridgehead atoms. The summed E-state index contributed by atoms with van der Waals surface area (Å²) in [7, 11) is 0. The molecule has 2 aliphatic rings. The molecule has 7 heteroatoms. The second-order valence-corrected chi connectivity index (χ2v) is 11.4. The van der Waals surface area contributed by atoms with Crippen molar-refractivity contribution in [1.29, 1.82) is 0 Å². The Morgan fingerprint density at radius 3 is 2.27 bits per heavy atom. The second kappa shape index (κ2) is 11.6. The highest BCUT2D eigenvalue weighted by Crippen LogP contribution is 2.42. The molecule has 1 saturated heterocycles. The standard InChI is InChI=1S/C34H30FN3O2S/c1-24-6-2-3-7-27(24)23-38-30-8-4-5-9-31(30)41-32(34(38)40)22-25-10-12-26(13-11-25)33(39)37-20-18-36(19-21-37)29-16-14-28(35)15-17-29/h2-17,22H,18-21,23H2,1H3. The van der Waals surface area contributed by atoms with Crippen molar-refractivity contribution < 1.29 is 14.0 Å². The molecular weight excluding hydrogens is 533 g/mol. The van der Waals surface area contributed by atoms with E-state index in [9.17, 15) is 14.0 Å². The lowest BCUT2D eigenvalue weighted by molar-refractivity contribution is -0.114. The molecule has 4 aromatic rings. The van der Waals surface area contributed by atoms with Gasteiger partial charge in [-0.15, -0.1) is 0 Å². The predicted molar refractivity (Wildman–Crippen MR) is 164 cm³/mol. The van der Waals surface area contributed by atoms with E-state index in [1.54, 1.807) is 12.1 Å². The van der Waals surface area contributed by atoms with E-state index in [4.69, 9.17) is 0 Å². The highest BCUT2D eigenvalue weighted by Gasteiger charge is 2.29. The fourth-order valence-electron chi connectivity index (χ4n) is 5.25. The molecule has 0 unspecified atom stereocenters. The number of rotatable bonds is 5. The number of nitrogens with zero attached hydrogens (tertiary/aromatic N) is 3. The minimum Gasteiger partial charge on any atom is -0.368 e. The number of hydrogen-bond acceptors (Lipinski definition) is 4. The number of aryl methyl sites for hydroxylation is 1. The Balaban J connectivity index is 1.16. The minimum absolute atomic E-state index is 0.00981. The van der Waals surface area contributed by atoms with Gasteiger partial charge in [0, 0.05) is 42.3 Å². The van der Waals surface area contributed by atoms with Crippen molar-refractivity contribution >= 4 is 41.0 Å². The highest BCUT2D eigenvalue weighted by atomic mass is 32.2. The van der Waals surface area contributed by atoms with E-state index in [-0.39, 0.29) is 17.6 Å². The van der Waals surface area contributed by atoms with Crippen LogP contribution >= 0.6 is 11.8 Å². The first kappa shape index (κ1) is 26.8. The number of amides is 2. The maximum atomic E-state index is 13.7. The molecule has 0 aliphatic carbocycles. The molecule has 6 rings (SSSR count). The lowest BCUT2D eigenvalue weighted by atomic mass is 10.1. The van der Waals surface area contributed by atoms with Gasteiger partial charge in [0.15, 0.2) is 0 Å². The molecule has 2 heterocycles. The summed E-state index contributed by atoms with van der Waals surface area (Å²) in [4.78, 5) is 34.4. The third-order valence-corrected chi connectivity index (χ3v) is 8.71. The average molecular weight is 564 g/mol. The third kappa shape index (κ3) is 5.77. The van der Waals surface area contributed by atoms with E-state index >= 15 is 0 Å². The lowest BCUT2D eigenvalue weighted by Crippen LogP contribution is -2.48. The fourth-order valence-corrected chi connectivity index (χ4v) is 6.31. The van der Waals surface area contributed by atoms with Gasteiger partial charge in [-0.05, 0) is 78.2 Å². The van der Waals surface area contributed by atoms with Crippen molar-refractivity contribution in [2.24, 2.45) is 0 Å².